The predicted octanol–water partition coefficient (Wildman–Crippen LogP) is 5.18. The zero-order valence-corrected chi connectivity index (χ0v) is 18.1. The highest BCUT2D eigenvalue weighted by molar-refractivity contribution is 7.89. The van der Waals surface area contributed by atoms with Crippen LogP contribution in [-0.4, -0.2) is 21.5 Å². The Morgan fingerprint density at radius 3 is 2.30 bits per heavy atom. The van der Waals surface area contributed by atoms with Crippen molar-refractivity contribution in [1.29, 1.82) is 0 Å². The quantitative estimate of drug-likeness (QED) is 0.494. The second-order valence-electron chi connectivity index (χ2n) is 7.78. The molecular formula is C25H28N2O2S. The zero-order chi connectivity index (χ0) is 21.0. The van der Waals surface area contributed by atoms with Gasteiger partial charge < -0.3 is 5.32 Å². The third kappa shape index (κ3) is 4.58. The Hall–Kier alpha value is -2.63. The van der Waals surface area contributed by atoms with E-state index in [2.05, 4.69) is 59.4 Å². The summed E-state index contributed by atoms with van der Waals surface area (Å²) in [4.78, 5) is 0.310. The zero-order valence-electron chi connectivity index (χ0n) is 17.3. The second-order valence-corrected chi connectivity index (χ2v) is 9.55. The number of para-hydroxylation sites is 1. The topological polar surface area (TPSA) is 58.2 Å². The Balaban J connectivity index is 1.32. The largest absolute Gasteiger partial charge is 0.384 e. The summed E-state index contributed by atoms with van der Waals surface area (Å²) in [7, 11) is -3.49. The summed E-state index contributed by atoms with van der Waals surface area (Å²) in [5.74, 6) is 0.448. The van der Waals surface area contributed by atoms with E-state index in [4.69, 9.17) is 0 Å². The first-order valence-corrected chi connectivity index (χ1v) is 12.1. The Labute approximate surface area is 179 Å². The molecule has 0 radical (unpaired) electrons. The molecule has 2 N–H and O–H groups in total. The summed E-state index contributed by atoms with van der Waals surface area (Å²) in [6.45, 7) is 3.50. The number of aryl methyl sites for hydroxylation is 1. The lowest BCUT2D eigenvalue weighted by molar-refractivity contribution is 0.569. The van der Waals surface area contributed by atoms with Gasteiger partial charge in [0.15, 0.2) is 0 Å². The highest BCUT2D eigenvalue weighted by atomic mass is 32.2. The molecule has 1 heterocycles. The van der Waals surface area contributed by atoms with Crippen molar-refractivity contribution < 1.29 is 8.42 Å². The molecule has 3 aromatic carbocycles. The van der Waals surface area contributed by atoms with Crippen molar-refractivity contribution in [2.24, 2.45) is 0 Å². The molecule has 0 saturated heterocycles. The monoisotopic (exact) mass is 420 g/mol. The summed E-state index contributed by atoms with van der Waals surface area (Å²) in [6.07, 6.45) is 2.77. The van der Waals surface area contributed by atoms with Gasteiger partial charge in [0.1, 0.15) is 0 Å². The van der Waals surface area contributed by atoms with Crippen LogP contribution in [0.2, 0.25) is 0 Å². The normalized spacial score (nSPS) is 15.6. The van der Waals surface area contributed by atoms with Crippen LogP contribution < -0.4 is 10.0 Å². The molecule has 4 nitrogen and oxygen atoms in total. The van der Waals surface area contributed by atoms with Crippen molar-refractivity contribution in [1.82, 2.24) is 4.72 Å². The van der Waals surface area contributed by atoms with Gasteiger partial charge in [-0.2, -0.15) is 0 Å². The second kappa shape index (κ2) is 9.02. The van der Waals surface area contributed by atoms with Gasteiger partial charge in [-0.25, -0.2) is 13.1 Å². The van der Waals surface area contributed by atoms with Gasteiger partial charge in [-0.15, -0.1) is 0 Å². The van der Waals surface area contributed by atoms with Crippen molar-refractivity contribution in [2.45, 2.75) is 37.0 Å². The van der Waals surface area contributed by atoms with Gasteiger partial charge in [-0.05, 0) is 59.7 Å². The molecule has 1 aliphatic rings. The number of anilines is 1. The number of sulfonamides is 1. The standard InChI is InChI=1S/C25H28N2O2S/c1-2-19-9-11-20(12-10-19)21-13-15-23(16-14-21)30(28,29)27-17-5-6-22-18-26-25-8-4-3-7-24(22)25/h3-4,7-16,22,26-27H,2,5-6,17-18H2,1H3. The Morgan fingerprint density at radius 1 is 0.933 bits per heavy atom. The maximum absolute atomic E-state index is 12.6. The van der Waals surface area contributed by atoms with E-state index in [9.17, 15) is 8.42 Å². The van der Waals surface area contributed by atoms with E-state index in [0.29, 0.717) is 17.4 Å². The molecule has 5 heteroatoms. The van der Waals surface area contributed by atoms with E-state index in [0.717, 1.165) is 36.9 Å². The van der Waals surface area contributed by atoms with Crippen molar-refractivity contribution in [3.05, 3.63) is 83.9 Å². The minimum Gasteiger partial charge on any atom is -0.384 e. The molecule has 0 saturated carbocycles. The third-order valence-corrected chi connectivity index (χ3v) is 7.30. The van der Waals surface area contributed by atoms with Crippen LogP contribution in [0.4, 0.5) is 5.69 Å². The molecule has 0 aliphatic carbocycles. The minimum absolute atomic E-state index is 0.310. The number of fused-ring (bicyclic) bond motifs is 1. The Bertz CT molecular complexity index is 1090. The summed E-state index contributed by atoms with van der Waals surface area (Å²) in [5.41, 5.74) is 5.94. The summed E-state index contributed by atoms with van der Waals surface area (Å²) >= 11 is 0. The van der Waals surface area contributed by atoms with E-state index < -0.39 is 10.0 Å². The highest BCUT2D eigenvalue weighted by Crippen LogP contribution is 2.33. The third-order valence-electron chi connectivity index (χ3n) is 5.82. The minimum atomic E-state index is -3.49. The van der Waals surface area contributed by atoms with E-state index >= 15 is 0 Å². The fourth-order valence-corrected chi connectivity index (χ4v) is 5.09. The van der Waals surface area contributed by atoms with Crippen LogP contribution in [0.5, 0.6) is 0 Å². The van der Waals surface area contributed by atoms with Gasteiger partial charge in [0.2, 0.25) is 10.0 Å². The Kier molecular flexibility index (Phi) is 6.21. The average Bonchev–Trinajstić information content (AvgIpc) is 3.20. The lowest BCUT2D eigenvalue weighted by Crippen LogP contribution is -2.25. The predicted molar refractivity (Wildman–Crippen MR) is 123 cm³/mol. The van der Waals surface area contributed by atoms with Gasteiger partial charge >= 0.3 is 0 Å². The van der Waals surface area contributed by atoms with Crippen LogP contribution in [0.1, 0.15) is 36.8 Å². The van der Waals surface area contributed by atoms with E-state index in [1.54, 1.807) is 12.1 Å². The van der Waals surface area contributed by atoms with Gasteiger partial charge in [-0.3, -0.25) is 0 Å². The van der Waals surface area contributed by atoms with Crippen LogP contribution in [-0.2, 0) is 16.4 Å². The maximum atomic E-state index is 12.6. The molecule has 1 atom stereocenters. The number of rotatable bonds is 8. The Morgan fingerprint density at radius 2 is 1.60 bits per heavy atom. The van der Waals surface area contributed by atoms with Crippen molar-refractivity contribution in [3.8, 4) is 11.1 Å². The van der Waals surface area contributed by atoms with E-state index in [1.807, 2.05) is 18.2 Å². The van der Waals surface area contributed by atoms with Crippen molar-refractivity contribution >= 4 is 15.7 Å². The number of benzene rings is 3. The van der Waals surface area contributed by atoms with Crippen LogP contribution in [0.3, 0.4) is 0 Å². The van der Waals surface area contributed by atoms with Crippen molar-refractivity contribution in [3.63, 3.8) is 0 Å². The SMILES string of the molecule is CCc1ccc(-c2ccc(S(=O)(=O)NCCCC3CNc4ccccc43)cc2)cc1. The smallest absolute Gasteiger partial charge is 0.240 e. The highest BCUT2D eigenvalue weighted by Gasteiger charge is 2.21. The molecule has 1 aliphatic heterocycles. The van der Waals surface area contributed by atoms with Gasteiger partial charge in [0, 0.05) is 24.7 Å². The molecule has 3 aromatic rings. The number of nitrogens with one attached hydrogen (secondary N) is 2. The van der Waals surface area contributed by atoms with E-state index in [-0.39, 0.29) is 0 Å². The molecule has 30 heavy (non-hydrogen) atoms. The molecule has 1 unspecified atom stereocenters. The lowest BCUT2D eigenvalue weighted by atomic mass is 9.96. The average molecular weight is 421 g/mol. The molecule has 0 spiro atoms. The van der Waals surface area contributed by atoms with Crippen LogP contribution in [0.25, 0.3) is 11.1 Å². The number of hydrogen-bond donors (Lipinski definition) is 2. The molecule has 0 amide bonds. The fraction of sp³-hybridized carbons (Fsp3) is 0.280. The summed E-state index contributed by atoms with van der Waals surface area (Å²) < 4.78 is 28.0. The molecule has 0 bridgehead atoms. The summed E-state index contributed by atoms with van der Waals surface area (Å²) in [5, 5.41) is 3.42. The molecular weight excluding hydrogens is 392 g/mol. The van der Waals surface area contributed by atoms with Crippen LogP contribution >= 0.6 is 0 Å². The molecule has 0 fully saturated rings. The van der Waals surface area contributed by atoms with Gasteiger partial charge in [0.05, 0.1) is 4.90 Å². The summed E-state index contributed by atoms with van der Waals surface area (Å²) in [6, 6.07) is 23.8. The van der Waals surface area contributed by atoms with E-state index in [1.165, 1.54) is 16.8 Å². The number of hydrogen-bond acceptors (Lipinski definition) is 3. The van der Waals surface area contributed by atoms with Gasteiger partial charge in [0.25, 0.3) is 0 Å². The first-order valence-electron chi connectivity index (χ1n) is 10.6. The van der Waals surface area contributed by atoms with Gasteiger partial charge in [-0.1, -0.05) is 61.5 Å². The maximum Gasteiger partial charge on any atom is 0.240 e. The molecule has 4 rings (SSSR count). The van der Waals surface area contributed by atoms with Crippen LogP contribution in [0, 0.1) is 0 Å². The molecule has 0 aromatic heterocycles. The first-order chi connectivity index (χ1) is 14.6. The lowest BCUT2D eigenvalue weighted by Gasteiger charge is -2.11. The van der Waals surface area contributed by atoms with Crippen molar-refractivity contribution in [2.75, 3.05) is 18.4 Å². The van der Waals surface area contributed by atoms with Crippen LogP contribution in [0.15, 0.2) is 77.7 Å². The molecule has 156 valence electrons. The first kappa shape index (κ1) is 20.6. The fourth-order valence-electron chi connectivity index (χ4n) is 4.01.